The molecule has 0 aromatic heterocycles. The van der Waals surface area contributed by atoms with Crippen LogP contribution in [0.1, 0.15) is 37.4 Å². The zero-order valence-corrected chi connectivity index (χ0v) is 11.1. The maximum atomic E-state index is 12.5. The van der Waals surface area contributed by atoms with Crippen molar-refractivity contribution in [1.82, 2.24) is 0 Å². The van der Waals surface area contributed by atoms with Crippen molar-refractivity contribution in [3.8, 4) is 0 Å². The lowest BCUT2D eigenvalue weighted by molar-refractivity contribution is 0.0979. The van der Waals surface area contributed by atoms with Crippen LogP contribution >= 0.6 is 12.6 Å². The van der Waals surface area contributed by atoms with Gasteiger partial charge in [-0.1, -0.05) is 17.7 Å². The second kappa shape index (κ2) is 3.96. The molecule has 0 aliphatic heterocycles. The first-order chi connectivity index (χ1) is 9.00. The van der Waals surface area contributed by atoms with E-state index in [1.165, 1.54) is 0 Å². The Morgan fingerprint density at radius 1 is 0.947 bits per heavy atom. The highest BCUT2D eigenvalue weighted by atomic mass is 32.1. The van der Waals surface area contributed by atoms with E-state index in [1.54, 1.807) is 24.3 Å². The number of aryl methyl sites for hydroxylation is 1. The number of benzene rings is 2. The summed E-state index contributed by atoms with van der Waals surface area (Å²) in [5.74, 6) is -0.369. The number of fused-ring (bicyclic) bond motifs is 2. The Kier molecular flexibility index (Phi) is 2.50. The first-order valence-electron chi connectivity index (χ1n) is 5.82. The zero-order valence-electron chi connectivity index (χ0n) is 10.2. The molecule has 0 heterocycles. The summed E-state index contributed by atoms with van der Waals surface area (Å²) in [6.07, 6.45) is 0. The number of ketones is 2. The normalized spacial score (nSPS) is 13.2. The van der Waals surface area contributed by atoms with Crippen molar-refractivity contribution in [2.75, 3.05) is 5.73 Å². The van der Waals surface area contributed by atoms with Crippen LogP contribution in [0.15, 0.2) is 35.2 Å². The molecule has 1 aliphatic carbocycles. The van der Waals surface area contributed by atoms with Crippen LogP contribution in [-0.2, 0) is 0 Å². The van der Waals surface area contributed by atoms with Crippen molar-refractivity contribution in [3.05, 3.63) is 58.1 Å². The second-order valence-corrected chi connectivity index (χ2v) is 5.11. The van der Waals surface area contributed by atoms with Gasteiger partial charge < -0.3 is 5.73 Å². The summed E-state index contributed by atoms with van der Waals surface area (Å²) in [6, 6.07) is 8.49. The van der Waals surface area contributed by atoms with Gasteiger partial charge in [-0.2, -0.15) is 0 Å². The highest BCUT2D eigenvalue weighted by Gasteiger charge is 2.31. The fourth-order valence-electron chi connectivity index (χ4n) is 2.37. The highest BCUT2D eigenvalue weighted by molar-refractivity contribution is 7.80. The van der Waals surface area contributed by atoms with E-state index in [4.69, 9.17) is 5.73 Å². The Labute approximate surface area is 115 Å². The van der Waals surface area contributed by atoms with Gasteiger partial charge in [-0.25, -0.2) is 0 Å². The molecule has 0 fully saturated rings. The molecule has 0 saturated heterocycles. The smallest absolute Gasteiger partial charge is 0.196 e. The predicted molar refractivity (Wildman–Crippen MR) is 76.2 cm³/mol. The molecule has 3 rings (SSSR count). The molecule has 19 heavy (non-hydrogen) atoms. The van der Waals surface area contributed by atoms with Crippen molar-refractivity contribution < 1.29 is 9.59 Å². The fourth-order valence-corrected chi connectivity index (χ4v) is 2.55. The first kappa shape index (κ1) is 12.0. The molecule has 3 nitrogen and oxygen atoms in total. The van der Waals surface area contributed by atoms with Crippen LogP contribution in [-0.4, -0.2) is 11.6 Å². The van der Waals surface area contributed by atoms with Crippen molar-refractivity contribution >= 4 is 29.9 Å². The lowest BCUT2D eigenvalue weighted by Gasteiger charge is -2.20. The van der Waals surface area contributed by atoms with Gasteiger partial charge >= 0.3 is 0 Å². The van der Waals surface area contributed by atoms with Crippen molar-refractivity contribution in [3.63, 3.8) is 0 Å². The number of anilines is 1. The molecule has 0 amide bonds. The van der Waals surface area contributed by atoms with Gasteiger partial charge in [0.1, 0.15) is 0 Å². The Morgan fingerprint density at radius 3 is 2.37 bits per heavy atom. The van der Waals surface area contributed by atoms with E-state index in [0.717, 1.165) is 5.56 Å². The second-order valence-electron chi connectivity index (χ2n) is 4.63. The molecule has 0 unspecified atom stereocenters. The lowest BCUT2D eigenvalue weighted by Crippen LogP contribution is -2.22. The van der Waals surface area contributed by atoms with Gasteiger partial charge in [-0.3, -0.25) is 9.59 Å². The molecule has 4 heteroatoms. The summed E-state index contributed by atoms with van der Waals surface area (Å²) in [4.78, 5) is 25.4. The summed E-state index contributed by atoms with van der Waals surface area (Å²) < 4.78 is 0. The molecule has 94 valence electrons. The number of hydrogen-bond donors (Lipinski definition) is 2. The molecule has 2 aromatic rings. The van der Waals surface area contributed by atoms with Crippen LogP contribution in [0, 0.1) is 6.92 Å². The van der Waals surface area contributed by atoms with Crippen LogP contribution in [0.2, 0.25) is 0 Å². The molecule has 0 bridgehead atoms. The SMILES string of the molecule is Cc1ccc2c(c1)C(=O)c1c(ccc(S)c1N)C2=O. The van der Waals surface area contributed by atoms with Crippen molar-refractivity contribution in [2.24, 2.45) is 0 Å². The number of thiol groups is 1. The van der Waals surface area contributed by atoms with E-state index < -0.39 is 0 Å². The minimum absolute atomic E-state index is 0.162. The van der Waals surface area contributed by atoms with Crippen LogP contribution in [0.4, 0.5) is 5.69 Å². The average molecular weight is 269 g/mol. The third-order valence-corrected chi connectivity index (χ3v) is 3.75. The fraction of sp³-hybridized carbons (Fsp3) is 0.0667. The Balaban J connectivity index is 2.36. The molecular formula is C15H11NO2S. The van der Waals surface area contributed by atoms with Crippen molar-refractivity contribution in [1.29, 1.82) is 0 Å². The molecule has 2 aromatic carbocycles. The Morgan fingerprint density at radius 2 is 1.63 bits per heavy atom. The minimum Gasteiger partial charge on any atom is -0.397 e. The standard InChI is InChI=1S/C15H11NO2S/c1-7-2-3-8-10(6-7)15(18)12-9(14(8)17)4-5-11(19)13(12)16/h2-6,19H,16H2,1H3. The van der Waals surface area contributed by atoms with Gasteiger partial charge in [0.25, 0.3) is 0 Å². The molecule has 2 N–H and O–H groups in total. The number of carbonyl (C=O) groups excluding carboxylic acids is 2. The molecular weight excluding hydrogens is 258 g/mol. The van der Waals surface area contributed by atoms with Crippen LogP contribution < -0.4 is 5.73 Å². The first-order valence-corrected chi connectivity index (χ1v) is 6.27. The quantitative estimate of drug-likeness (QED) is 0.487. The molecule has 0 atom stereocenters. The highest BCUT2D eigenvalue weighted by Crippen LogP contribution is 2.34. The van der Waals surface area contributed by atoms with Gasteiger partial charge in [0, 0.05) is 21.6 Å². The average Bonchev–Trinajstić information content (AvgIpc) is 2.39. The molecule has 0 radical (unpaired) electrons. The summed E-state index contributed by atoms with van der Waals surface area (Å²) in [7, 11) is 0. The third-order valence-electron chi connectivity index (χ3n) is 3.36. The molecule has 0 saturated carbocycles. The minimum atomic E-state index is -0.207. The Bertz CT molecular complexity index is 750. The van der Waals surface area contributed by atoms with E-state index in [1.807, 2.05) is 13.0 Å². The van der Waals surface area contributed by atoms with Crippen molar-refractivity contribution in [2.45, 2.75) is 11.8 Å². The lowest BCUT2D eigenvalue weighted by atomic mass is 9.82. The topological polar surface area (TPSA) is 60.2 Å². The predicted octanol–water partition coefficient (Wildman–Crippen LogP) is 2.64. The van der Waals surface area contributed by atoms with Gasteiger partial charge in [0.15, 0.2) is 11.6 Å². The maximum absolute atomic E-state index is 12.5. The molecule has 1 aliphatic rings. The van der Waals surface area contributed by atoms with Crippen LogP contribution in [0.25, 0.3) is 0 Å². The van der Waals surface area contributed by atoms with E-state index in [2.05, 4.69) is 12.6 Å². The summed E-state index contributed by atoms with van der Waals surface area (Å²) in [5.41, 5.74) is 8.60. The number of rotatable bonds is 0. The number of hydrogen-bond acceptors (Lipinski definition) is 4. The number of nitrogen functional groups attached to an aromatic ring is 1. The summed E-state index contributed by atoms with van der Waals surface area (Å²) in [6.45, 7) is 1.88. The van der Waals surface area contributed by atoms with E-state index in [0.29, 0.717) is 21.6 Å². The zero-order chi connectivity index (χ0) is 13.7. The largest absolute Gasteiger partial charge is 0.397 e. The van der Waals surface area contributed by atoms with Gasteiger partial charge in [0.2, 0.25) is 0 Å². The monoisotopic (exact) mass is 269 g/mol. The van der Waals surface area contributed by atoms with Gasteiger partial charge in [0.05, 0.1) is 11.3 Å². The van der Waals surface area contributed by atoms with E-state index >= 15 is 0 Å². The van der Waals surface area contributed by atoms with Gasteiger partial charge in [-0.15, -0.1) is 12.6 Å². The summed E-state index contributed by atoms with van der Waals surface area (Å²) >= 11 is 4.20. The van der Waals surface area contributed by atoms with Crippen LogP contribution in [0.3, 0.4) is 0 Å². The van der Waals surface area contributed by atoms with Crippen LogP contribution in [0.5, 0.6) is 0 Å². The molecule has 0 spiro atoms. The number of carbonyl (C=O) groups is 2. The van der Waals surface area contributed by atoms with E-state index in [9.17, 15) is 9.59 Å². The maximum Gasteiger partial charge on any atom is 0.196 e. The summed E-state index contributed by atoms with van der Waals surface area (Å²) in [5, 5.41) is 0. The third kappa shape index (κ3) is 1.60. The van der Waals surface area contributed by atoms with E-state index in [-0.39, 0.29) is 22.8 Å². The van der Waals surface area contributed by atoms with Gasteiger partial charge in [-0.05, 0) is 25.1 Å². The number of nitrogens with two attached hydrogens (primary N) is 1. The Hall–Kier alpha value is -2.07.